The highest BCUT2D eigenvalue weighted by molar-refractivity contribution is 7.91. The zero-order chi connectivity index (χ0) is 26.6. The van der Waals surface area contributed by atoms with Gasteiger partial charge in [-0.15, -0.1) is 0 Å². The van der Waals surface area contributed by atoms with Crippen molar-refractivity contribution in [3.63, 3.8) is 0 Å². The van der Waals surface area contributed by atoms with Gasteiger partial charge in [-0.25, -0.2) is 13.4 Å². The van der Waals surface area contributed by atoms with Crippen LogP contribution in [-0.2, 0) is 16.3 Å². The van der Waals surface area contributed by atoms with Gasteiger partial charge in [0.1, 0.15) is 5.82 Å². The minimum absolute atomic E-state index is 0.166. The Balaban J connectivity index is 1.84. The summed E-state index contributed by atoms with van der Waals surface area (Å²) in [6.45, 7) is 3.93. The first-order valence-corrected chi connectivity index (χ1v) is 13.6. The van der Waals surface area contributed by atoms with Gasteiger partial charge in [-0.1, -0.05) is 62.7 Å². The van der Waals surface area contributed by atoms with Crippen molar-refractivity contribution in [2.45, 2.75) is 55.4 Å². The van der Waals surface area contributed by atoms with E-state index < -0.39 is 38.2 Å². The Morgan fingerprint density at radius 1 is 0.973 bits per heavy atom. The summed E-state index contributed by atoms with van der Waals surface area (Å²) < 4.78 is 41.9. The Kier molecular flexibility index (Phi) is 7.83. The van der Waals surface area contributed by atoms with Gasteiger partial charge in [-0.3, -0.25) is 9.36 Å². The molecule has 37 heavy (non-hydrogen) atoms. The number of aryl methyl sites for hydroxylation is 1. The van der Waals surface area contributed by atoms with Gasteiger partial charge >= 0.3 is 0 Å². The summed E-state index contributed by atoms with van der Waals surface area (Å²) in [5.74, 6) is -0.891. The van der Waals surface area contributed by atoms with E-state index in [0.717, 1.165) is 18.4 Å². The molecule has 0 saturated carbocycles. The van der Waals surface area contributed by atoms with Crippen molar-refractivity contribution < 1.29 is 17.9 Å². The standard InChI is InChI=1S/C28H28FN3O4S/c1-3-5-11-25-31-27(33)26(28(34)32(25)23(4-2)20-9-7-6-8-10-20)37(35,36)22-15-12-19(13-16-22)21-14-17-24(29)30-18-21/h6-10,12-18,23,34H,3-5,11H2,1-2H3. The monoisotopic (exact) mass is 521 g/mol. The molecule has 0 spiro atoms. The van der Waals surface area contributed by atoms with Crippen LogP contribution < -0.4 is 5.56 Å². The summed E-state index contributed by atoms with van der Waals surface area (Å²) in [5.41, 5.74) is 1.10. The second kappa shape index (κ2) is 11.0. The van der Waals surface area contributed by atoms with Crippen LogP contribution >= 0.6 is 0 Å². The molecule has 9 heteroatoms. The average Bonchev–Trinajstić information content (AvgIpc) is 2.90. The van der Waals surface area contributed by atoms with E-state index in [9.17, 15) is 22.7 Å². The minimum atomic E-state index is -4.41. The van der Waals surface area contributed by atoms with Crippen molar-refractivity contribution in [2.75, 3.05) is 0 Å². The summed E-state index contributed by atoms with van der Waals surface area (Å²) in [4.78, 5) is 19.9. The third-order valence-corrected chi connectivity index (χ3v) is 8.05. The van der Waals surface area contributed by atoms with E-state index in [1.165, 1.54) is 35.0 Å². The molecule has 0 saturated heterocycles. The van der Waals surface area contributed by atoms with E-state index >= 15 is 0 Å². The molecule has 0 amide bonds. The molecule has 2 heterocycles. The first kappa shape index (κ1) is 26.2. The molecular weight excluding hydrogens is 493 g/mol. The number of nitrogens with zero attached hydrogens (tertiary/aromatic N) is 3. The predicted octanol–water partition coefficient (Wildman–Crippen LogP) is 5.32. The summed E-state index contributed by atoms with van der Waals surface area (Å²) >= 11 is 0. The summed E-state index contributed by atoms with van der Waals surface area (Å²) in [6.07, 6.45) is 3.87. The van der Waals surface area contributed by atoms with E-state index in [-0.39, 0.29) is 4.90 Å². The Morgan fingerprint density at radius 3 is 2.24 bits per heavy atom. The number of aromatic hydroxyl groups is 1. The SMILES string of the molecule is CCCCc1nc(=O)c(S(=O)(=O)c2ccc(-c3ccc(F)nc3)cc2)c(O)n1C(CC)c1ccccc1. The lowest BCUT2D eigenvalue weighted by Crippen LogP contribution is -2.27. The van der Waals surface area contributed by atoms with Crippen molar-refractivity contribution in [2.24, 2.45) is 0 Å². The number of halogens is 1. The highest BCUT2D eigenvalue weighted by Crippen LogP contribution is 2.33. The van der Waals surface area contributed by atoms with E-state index in [4.69, 9.17) is 0 Å². The van der Waals surface area contributed by atoms with Crippen LogP contribution in [0.5, 0.6) is 5.88 Å². The highest BCUT2D eigenvalue weighted by Gasteiger charge is 2.31. The second-order valence-electron chi connectivity index (χ2n) is 8.69. The van der Waals surface area contributed by atoms with Crippen LogP contribution in [0.4, 0.5) is 4.39 Å². The van der Waals surface area contributed by atoms with Crippen LogP contribution in [-0.4, -0.2) is 28.1 Å². The van der Waals surface area contributed by atoms with Gasteiger partial charge in [-0.05, 0) is 48.2 Å². The van der Waals surface area contributed by atoms with Crippen LogP contribution in [0.3, 0.4) is 0 Å². The quantitative estimate of drug-likeness (QED) is 0.299. The molecule has 7 nitrogen and oxygen atoms in total. The fraction of sp³-hybridized carbons (Fsp3) is 0.250. The molecule has 0 aliphatic heterocycles. The van der Waals surface area contributed by atoms with Gasteiger partial charge in [-0.2, -0.15) is 9.37 Å². The molecule has 0 radical (unpaired) electrons. The Hall–Kier alpha value is -3.85. The van der Waals surface area contributed by atoms with Crippen molar-refractivity contribution in [3.05, 3.63) is 101 Å². The molecule has 0 aliphatic rings. The number of hydrogen-bond donors (Lipinski definition) is 1. The maximum absolute atomic E-state index is 13.6. The van der Waals surface area contributed by atoms with Gasteiger partial charge in [0.15, 0.2) is 4.90 Å². The maximum atomic E-state index is 13.6. The largest absolute Gasteiger partial charge is 0.493 e. The normalized spacial score (nSPS) is 12.4. The number of aromatic nitrogens is 3. The molecule has 4 aromatic rings. The summed E-state index contributed by atoms with van der Waals surface area (Å²) in [7, 11) is -4.41. The van der Waals surface area contributed by atoms with Gasteiger partial charge < -0.3 is 5.11 Å². The van der Waals surface area contributed by atoms with E-state index in [2.05, 4.69) is 9.97 Å². The molecule has 1 unspecified atom stereocenters. The number of hydrogen-bond acceptors (Lipinski definition) is 6. The topological polar surface area (TPSA) is 102 Å². The number of rotatable bonds is 9. The Labute approximate surface area is 215 Å². The van der Waals surface area contributed by atoms with E-state index in [0.29, 0.717) is 29.8 Å². The van der Waals surface area contributed by atoms with Crippen LogP contribution in [0.1, 0.15) is 50.5 Å². The van der Waals surface area contributed by atoms with Crippen LogP contribution in [0, 0.1) is 5.95 Å². The minimum Gasteiger partial charge on any atom is -0.493 e. The molecule has 2 aromatic heterocycles. The molecule has 192 valence electrons. The van der Waals surface area contributed by atoms with Gasteiger partial charge in [0.25, 0.3) is 5.56 Å². The highest BCUT2D eigenvalue weighted by atomic mass is 32.2. The second-order valence-corrected chi connectivity index (χ2v) is 10.6. The van der Waals surface area contributed by atoms with E-state index in [1.807, 2.05) is 44.2 Å². The fourth-order valence-corrected chi connectivity index (χ4v) is 5.70. The Bertz CT molecular complexity index is 1540. The van der Waals surface area contributed by atoms with E-state index in [1.54, 1.807) is 12.1 Å². The summed E-state index contributed by atoms with van der Waals surface area (Å²) in [6, 6.07) is 17.5. The van der Waals surface area contributed by atoms with Gasteiger partial charge in [0.2, 0.25) is 21.7 Å². The maximum Gasteiger partial charge on any atom is 0.296 e. The molecule has 1 atom stereocenters. The smallest absolute Gasteiger partial charge is 0.296 e. The number of pyridine rings is 1. The first-order valence-electron chi connectivity index (χ1n) is 12.1. The van der Waals surface area contributed by atoms with Crippen molar-refractivity contribution in [1.29, 1.82) is 0 Å². The van der Waals surface area contributed by atoms with Crippen LogP contribution in [0.2, 0.25) is 0 Å². The fourth-order valence-electron chi connectivity index (χ4n) is 4.36. The third-order valence-electron chi connectivity index (χ3n) is 6.26. The lowest BCUT2D eigenvalue weighted by molar-refractivity contribution is 0.358. The average molecular weight is 522 g/mol. The molecule has 2 aromatic carbocycles. The molecule has 4 rings (SSSR count). The molecular formula is C28H28FN3O4S. The molecule has 0 fully saturated rings. The first-order chi connectivity index (χ1) is 17.8. The predicted molar refractivity (Wildman–Crippen MR) is 139 cm³/mol. The molecule has 0 bridgehead atoms. The molecule has 1 N–H and O–H groups in total. The van der Waals surface area contributed by atoms with Crippen molar-refractivity contribution in [3.8, 4) is 17.0 Å². The Morgan fingerprint density at radius 2 is 1.65 bits per heavy atom. The van der Waals surface area contributed by atoms with Gasteiger partial charge in [0, 0.05) is 18.2 Å². The number of sulfone groups is 1. The van der Waals surface area contributed by atoms with Crippen LogP contribution in [0.25, 0.3) is 11.1 Å². The zero-order valence-corrected chi connectivity index (χ0v) is 21.5. The number of unbranched alkanes of at least 4 members (excludes halogenated alkanes) is 1. The lowest BCUT2D eigenvalue weighted by atomic mass is 10.0. The zero-order valence-electron chi connectivity index (χ0n) is 20.6. The van der Waals surface area contributed by atoms with Crippen molar-refractivity contribution >= 4 is 9.84 Å². The van der Waals surface area contributed by atoms with Crippen molar-refractivity contribution in [1.82, 2.24) is 14.5 Å². The molecule has 0 aliphatic carbocycles. The lowest BCUT2D eigenvalue weighted by Gasteiger charge is -2.25. The number of benzene rings is 2. The van der Waals surface area contributed by atoms with Gasteiger partial charge in [0.05, 0.1) is 10.9 Å². The van der Waals surface area contributed by atoms with Crippen LogP contribution in [0.15, 0.2) is 87.5 Å². The third kappa shape index (κ3) is 5.32. The summed E-state index contributed by atoms with van der Waals surface area (Å²) in [5, 5.41) is 11.4.